The van der Waals surface area contributed by atoms with Gasteiger partial charge in [0.25, 0.3) is 0 Å². The lowest BCUT2D eigenvalue weighted by Crippen LogP contribution is -2.47. The van der Waals surface area contributed by atoms with E-state index >= 15 is 0 Å². The lowest BCUT2D eigenvalue weighted by molar-refractivity contribution is 0.145. The quantitative estimate of drug-likeness (QED) is 0.476. The number of nitrogens with zero attached hydrogens (tertiary/aromatic N) is 2. The normalized spacial score (nSPS) is 16.2. The maximum Gasteiger partial charge on any atom is 0.407 e. The fourth-order valence-electron chi connectivity index (χ4n) is 3.07. The zero-order valence-corrected chi connectivity index (χ0v) is 17.9. The number of benzene rings is 1. The van der Waals surface area contributed by atoms with Crippen molar-refractivity contribution in [1.82, 2.24) is 10.2 Å². The summed E-state index contributed by atoms with van der Waals surface area (Å²) < 4.78 is 5.02. The number of thioether (sulfide) groups is 1. The van der Waals surface area contributed by atoms with Crippen molar-refractivity contribution in [2.45, 2.75) is 50.2 Å². The van der Waals surface area contributed by atoms with Crippen molar-refractivity contribution < 1.29 is 9.53 Å². The molecule has 1 amide bonds. The SMILES string of the molecule is CCCOC(=O)NCCCN1CCN(c2ccccc2SC(C)CC)CC1. The first-order valence-corrected chi connectivity index (χ1v) is 11.2. The van der Waals surface area contributed by atoms with Crippen LogP contribution in [0.2, 0.25) is 0 Å². The van der Waals surface area contributed by atoms with Crippen molar-refractivity contribution in [2.24, 2.45) is 0 Å². The van der Waals surface area contributed by atoms with E-state index in [2.05, 4.69) is 53.2 Å². The van der Waals surface area contributed by atoms with Gasteiger partial charge in [0, 0.05) is 42.9 Å². The van der Waals surface area contributed by atoms with Crippen molar-refractivity contribution in [3.8, 4) is 0 Å². The molecule has 6 heteroatoms. The predicted molar refractivity (Wildman–Crippen MR) is 115 cm³/mol. The number of ether oxygens (including phenoxy) is 1. The highest BCUT2D eigenvalue weighted by Gasteiger charge is 2.19. The molecular formula is C21H35N3O2S. The summed E-state index contributed by atoms with van der Waals surface area (Å²) >= 11 is 1.98. The van der Waals surface area contributed by atoms with Crippen molar-refractivity contribution in [3.05, 3.63) is 24.3 Å². The van der Waals surface area contributed by atoms with Crippen LogP contribution in [-0.4, -0.2) is 62.1 Å². The monoisotopic (exact) mass is 393 g/mol. The molecule has 1 N–H and O–H groups in total. The van der Waals surface area contributed by atoms with E-state index in [9.17, 15) is 4.79 Å². The number of amides is 1. The Hall–Kier alpha value is -1.40. The van der Waals surface area contributed by atoms with Gasteiger partial charge in [-0.15, -0.1) is 11.8 Å². The molecule has 0 spiro atoms. The average Bonchev–Trinajstić information content (AvgIpc) is 2.70. The first-order chi connectivity index (χ1) is 13.1. The maximum absolute atomic E-state index is 11.4. The number of alkyl carbamates (subject to hydrolysis) is 1. The minimum absolute atomic E-state index is 0.294. The first kappa shape index (κ1) is 21.9. The second-order valence-electron chi connectivity index (χ2n) is 7.05. The number of hydrogen-bond acceptors (Lipinski definition) is 5. The molecule has 0 bridgehead atoms. The zero-order valence-electron chi connectivity index (χ0n) is 17.1. The highest BCUT2D eigenvalue weighted by atomic mass is 32.2. The summed E-state index contributed by atoms with van der Waals surface area (Å²) in [7, 11) is 0. The highest BCUT2D eigenvalue weighted by Crippen LogP contribution is 2.34. The Labute approximate surface area is 168 Å². The maximum atomic E-state index is 11.4. The Kier molecular flexibility index (Phi) is 9.84. The van der Waals surface area contributed by atoms with Gasteiger partial charge in [-0.2, -0.15) is 0 Å². The standard InChI is InChI=1S/C21H35N3O2S/c1-4-17-26-21(25)22-11-8-12-23-13-15-24(16-14-23)19-9-6-7-10-20(19)27-18(3)5-2/h6-7,9-10,18H,4-5,8,11-17H2,1-3H3,(H,22,25). The van der Waals surface area contributed by atoms with E-state index in [4.69, 9.17) is 4.74 Å². The molecule has 1 atom stereocenters. The van der Waals surface area contributed by atoms with Crippen LogP contribution < -0.4 is 10.2 Å². The zero-order chi connectivity index (χ0) is 19.5. The Bertz CT molecular complexity index is 562. The predicted octanol–water partition coefficient (Wildman–Crippen LogP) is 4.23. The van der Waals surface area contributed by atoms with Crippen LogP contribution in [0.4, 0.5) is 10.5 Å². The van der Waals surface area contributed by atoms with Crippen molar-refractivity contribution in [2.75, 3.05) is 50.8 Å². The number of rotatable bonds is 10. The summed E-state index contributed by atoms with van der Waals surface area (Å²) in [5.41, 5.74) is 1.38. The summed E-state index contributed by atoms with van der Waals surface area (Å²) in [6.07, 6.45) is 2.71. The molecule has 0 radical (unpaired) electrons. The molecule has 1 unspecified atom stereocenters. The molecule has 5 nitrogen and oxygen atoms in total. The fourth-order valence-corrected chi connectivity index (χ4v) is 4.14. The molecule has 1 aromatic carbocycles. The van der Waals surface area contributed by atoms with Gasteiger partial charge in [0.05, 0.1) is 12.3 Å². The summed E-state index contributed by atoms with van der Waals surface area (Å²) in [4.78, 5) is 17.8. The Morgan fingerprint density at radius 1 is 1.22 bits per heavy atom. The van der Waals surface area contributed by atoms with E-state index in [1.807, 2.05) is 18.7 Å². The van der Waals surface area contributed by atoms with E-state index in [1.54, 1.807) is 0 Å². The molecule has 1 saturated heterocycles. The summed E-state index contributed by atoms with van der Waals surface area (Å²) in [6, 6.07) is 8.79. The molecule has 1 aliphatic heterocycles. The van der Waals surface area contributed by atoms with Crippen molar-refractivity contribution in [3.63, 3.8) is 0 Å². The van der Waals surface area contributed by atoms with Gasteiger partial charge in [-0.05, 0) is 37.9 Å². The second kappa shape index (κ2) is 12.1. The molecule has 2 rings (SSSR count). The number of carbonyl (C=O) groups is 1. The fraction of sp³-hybridized carbons (Fsp3) is 0.667. The van der Waals surface area contributed by atoms with Crippen LogP contribution in [0.15, 0.2) is 29.2 Å². The van der Waals surface area contributed by atoms with Crippen molar-refractivity contribution >= 4 is 23.5 Å². The Morgan fingerprint density at radius 2 is 1.96 bits per heavy atom. The molecule has 1 fully saturated rings. The highest BCUT2D eigenvalue weighted by molar-refractivity contribution is 8.00. The summed E-state index contributed by atoms with van der Waals surface area (Å²) in [5, 5.41) is 3.46. The number of piperazine rings is 1. The third-order valence-electron chi connectivity index (χ3n) is 4.84. The smallest absolute Gasteiger partial charge is 0.407 e. The molecule has 1 heterocycles. The van der Waals surface area contributed by atoms with Crippen LogP contribution in [0.1, 0.15) is 40.0 Å². The van der Waals surface area contributed by atoms with Crippen LogP contribution in [0, 0.1) is 0 Å². The van der Waals surface area contributed by atoms with Crippen LogP contribution >= 0.6 is 11.8 Å². The van der Waals surface area contributed by atoms with Crippen LogP contribution in [0.25, 0.3) is 0 Å². The van der Waals surface area contributed by atoms with E-state index in [1.165, 1.54) is 17.0 Å². The number of hydrogen-bond donors (Lipinski definition) is 1. The number of carbonyl (C=O) groups excluding carboxylic acids is 1. The molecule has 0 aromatic heterocycles. The Balaban J connectivity index is 1.72. The van der Waals surface area contributed by atoms with Crippen LogP contribution in [0.3, 0.4) is 0 Å². The van der Waals surface area contributed by atoms with Gasteiger partial charge in [-0.25, -0.2) is 4.79 Å². The lowest BCUT2D eigenvalue weighted by atomic mass is 10.2. The molecule has 0 saturated carbocycles. The summed E-state index contributed by atoms with van der Waals surface area (Å²) in [6.45, 7) is 13.0. The third kappa shape index (κ3) is 7.62. The minimum atomic E-state index is -0.294. The second-order valence-corrected chi connectivity index (χ2v) is 8.53. The average molecular weight is 394 g/mol. The molecule has 152 valence electrons. The van der Waals surface area contributed by atoms with Gasteiger partial charge in [-0.3, -0.25) is 4.90 Å². The van der Waals surface area contributed by atoms with Crippen LogP contribution in [-0.2, 0) is 4.74 Å². The Morgan fingerprint density at radius 3 is 2.67 bits per heavy atom. The molecule has 1 aliphatic rings. The lowest BCUT2D eigenvalue weighted by Gasteiger charge is -2.37. The van der Waals surface area contributed by atoms with Gasteiger partial charge in [0.2, 0.25) is 0 Å². The third-order valence-corrected chi connectivity index (χ3v) is 6.17. The van der Waals surface area contributed by atoms with E-state index in [-0.39, 0.29) is 6.09 Å². The number of para-hydroxylation sites is 1. The first-order valence-electron chi connectivity index (χ1n) is 10.3. The molecular weight excluding hydrogens is 358 g/mol. The van der Waals surface area contributed by atoms with Gasteiger partial charge in [0.1, 0.15) is 0 Å². The topological polar surface area (TPSA) is 44.8 Å². The summed E-state index contributed by atoms with van der Waals surface area (Å²) in [5.74, 6) is 0. The van der Waals surface area contributed by atoms with Crippen molar-refractivity contribution in [1.29, 1.82) is 0 Å². The van der Waals surface area contributed by atoms with E-state index in [0.29, 0.717) is 18.4 Å². The minimum Gasteiger partial charge on any atom is -0.450 e. The molecule has 27 heavy (non-hydrogen) atoms. The number of anilines is 1. The molecule has 1 aromatic rings. The van der Waals surface area contributed by atoms with Gasteiger partial charge >= 0.3 is 6.09 Å². The largest absolute Gasteiger partial charge is 0.450 e. The molecule has 0 aliphatic carbocycles. The van der Waals surface area contributed by atoms with E-state index < -0.39 is 0 Å². The van der Waals surface area contributed by atoms with Gasteiger partial charge < -0.3 is 15.0 Å². The van der Waals surface area contributed by atoms with Gasteiger partial charge in [0.15, 0.2) is 0 Å². The van der Waals surface area contributed by atoms with E-state index in [0.717, 1.165) is 45.6 Å². The van der Waals surface area contributed by atoms with Crippen LogP contribution in [0.5, 0.6) is 0 Å². The number of nitrogens with one attached hydrogen (secondary N) is 1. The van der Waals surface area contributed by atoms with Gasteiger partial charge in [-0.1, -0.05) is 32.9 Å².